The van der Waals surface area contributed by atoms with E-state index in [2.05, 4.69) is 52.8 Å². The van der Waals surface area contributed by atoms with Crippen molar-refractivity contribution in [3.63, 3.8) is 0 Å². The molecule has 0 spiro atoms. The predicted octanol–water partition coefficient (Wildman–Crippen LogP) is 4.63. The molecule has 4 rings (SSSR count). The minimum absolute atomic E-state index is 0.317. The zero-order valence-corrected chi connectivity index (χ0v) is 19.4. The molecule has 2 aliphatic heterocycles. The molecule has 164 valence electrons. The topological polar surface area (TPSA) is 39.7 Å². The fraction of sp³-hybridized carbons (Fsp3) is 0.667. The number of carbonyl (C=O) groups excluding carboxylic acids is 1. The summed E-state index contributed by atoms with van der Waals surface area (Å²) in [7, 11) is 0. The van der Waals surface area contributed by atoms with Gasteiger partial charge in [0.1, 0.15) is 5.82 Å². The Kier molecular flexibility index (Phi) is 6.94. The molecule has 0 saturated carbocycles. The highest BCUT2D eigenvalue weighted by Crippen LogP contribution is 2.31. The highest BCUT2D eigenvalue weighted by atomic mass is 32.1. The van der Waals surface area contributed by atoms with Gasteiger partial charge in [-0.1, -0.05) is 32.4 Å². The van der Waals surface area contributed by atoms with E-state index in [1.165, 1.54) is 35.3 Å². The molecule has 5 nitrogen and oxygen atoms in total. The molecule has 1 aromatic carbocycles. The Morgan fingerprint density at radius 2 is 1.73 bits per heavy atom. The molecule has 2 aromatic rings. The molecular formula is C24H36N4OS. The van der Waals surface area contributed by atoms with E-state index in [1.807, 2.05) is 0 Å². The third kappa shape index (κ3) is 5.33. The van der Waals surface area contributed by atoms with Crippen molar-refractivity contribution in [1.82, 2.24) is 14.2 Å². The average molecular weight is 429 g/mol. The number of anilines is 1. The van der Waals surface area contributed by atoms with Crippen LogP contribution in [0.2, 0.25) is 0 Å². The third-order valence-corrected chi connectivity index (χ3v) is 7.68. The van der Waals surface area contributed by atoms with E-state index in [9.17, 15) is 4.79 Å². The van der Waals surface area contributed by atoms with Crippen LogP contribution in [0, 0.1) is 5.41 Å². The molecule has 1 amide bonds. The van der Waals surface area contributed by atoms with E-state index in [0.717, 1.165) is 65.0 Å². The first-order valence-corrected chi connectivity index (χ1v) is 12.4. The van der Waals surface area contributed by atoms with E-state index in [-0.39, 0.29) is 0 Å². The van der Waals surface area contributed by atoms with Gasteiger partial charge in [-0.25, -0.2) is 0 Å². The Morgan fingerprint density at radius 1 is 0.967 bits per heavy atom. The first kappa shape index (κ1) is 21.6. The summed E-state index contributed by atoms with van der Waals surface area (Å²) in [5.74, 6) is 1.53. The van der Waals surface area contributed by atoms with Crippen LogP contribution in [0.5, 0.6) is 0 Å². The number of hydrogen-bond acceptors (Lipinski definition) is 5. The monoisotopic (exact) mass is 428 g/mol. The average Bonchev–Trinajstić information content (AvgIpc) is 3.13. The number of benzene rings is 1. The maximum atomic E-state index is 12.3. The van der Waals surface area contributed by atoms with Crippen molar-refractivity contribution in [3.8, 4) is 0 Å². The number of aromatic nitrogens is 1. The maximum Gasteiger partial charge on any atom is 0.222 e. The fourth-order valence-corrected chi connectivity index (χ4v) is 5.42. The van der Waals surface area contributed by atoms with Gasteiger partial charge in [-0.3, -0.25) is 9.69 Å². The standard InChI is InChI=1S/C24H36N4OS/c1-24(2)11-10-22(29)27(15-12-24)14-7-3-6-13-26-16-18-28(19-17-26)23-20-8-4-5-9-21(20)30-25-23/h4-5,8-9H,3,6-7,10-19H2,1-2H3. The molecule has 2 saturated heterocycles. The van der Waals surface area contributed by atoms with Crippen molar-refractivity contribution in [2.45, 2.75) is 52.4 Å². The number of rotatable bonds is 7. The van der Waals surface area contributed by atoms with E-state index in [4.69, 9.17) is 4.37 Å². The van der Waals surface area contributed by atoms with Crippen molar-refractivity contribution >= 4 is 33.3 Å². The smallest absolute Gasteiger partial charge is 0.222 e. The summed E-state index contributed by atoms with van der Waals surface area (Å²) >= 11 is 1.61. The van der Waals surface area contributed by atoms with Gasteiger partial charge in [0, 0.05) is 51.1 Å². The zero-order chi connectivity index (χ0) is 21.0. The van der Waals surface area contributed by atoms with Gasteiger partial charge in [0.25, 0.3) is 0 Å². The number of unbranched alkanes of at least 4 members (excludes halogenated alkanes) is 2. The van der Waals surface area contributed by atoms with Crippen molar-refractivity contribution in [2.24, 2.45) is 5.41 Å². The van der Waals surface area contributed by atoms with Crippen LogP contribution in [-0.2, 0) is 4.79 Å². The maximum absolute atomic E-state index is 12.3. The summed E-state index contributed by atoms with van der Waals surface area (Å²) in [6, 6.07) is 8.55. The molecule has 3 heterocycles. The second-order valence-electron chi connectivity index (χ2n) is 9.69. The molecule has 0 aliphatic carbocycles. The Balaban J connectivity index is 1.14. The normalized spacial score (nSPS) is 20.7. The Labute approximate surface area is 185 Å². The zero-order valence-electron chi connectivity index (χ0n) is 18.6. The van der Waals surface area contributed by atoms with Gasteiger partial charge in [0.15, 0.2) is 0 Å². The Morgan fingerprint density at radius 3 is 2.57 bits per heavy atom. The van der Waals surface area contributed by atoms with Crippen molar-refractivity contribution in [3.05, 3.63) is 24.3 Å². The van der Waals surface area contributed by atoms with Crippen LogP contribution in [0.25, 0.3) is 10.1 Å². The quantitative estimate of drug-likeness (QED) is 0.603. The van der Waals surface area contributed by atoms with E-state index in [0.29, 0.717) is 11.3 Å². The molecule has 0 unspecified atom stereocenters. The van der Waals surface area contributed by atoms with Gasteiger partial charge < -0.3 is 9.80 Å². The molecule has 1 aromatic heterocycles. The lowest BCUT2D eigenvalue weighted by Gasteiger charge is -2.35. The summed E-state index contributed by atoms with van der Waals surface area (Å²) in [5.41, 5.74) is 0.317. The number of nitrogens with zero attached hydrogens (tertiary/aromatic N) is 4. The van der Waals surface area contributed by atoms with Crippen LogP contribution in [0.15, 0.2) is 24.3 Å². The van der Waals surface area contributed by atoms with Gasteiger partial charge in [0.2, 0.25) is 5.91 Å². The van der Waals surface area contributed by atoms with Crippen LogP contribution in [0.1, 0.15) is 52.4 Å². The number of hydrogen-bond donors (Lipinski definition) is 0. The van der Waals surface area contributed by atoms with Crippen molar-refractivity contribution in [1.29, 1.82) is 0 Å². The van der Waals surface area contributed by atoms with Crippen LogP contribution in [-0.4, -0.2) is 65.9 Å². The highest BCUT2D eigenvalue weighted by Gasteiger charge is 2.27. The van der Waals surface area contributed by atoms with Crippen molar-refractivity contribution in [2.75, 3.05) is 50.7 Å². The highest BCUT2D eigenvalue weighted by molar-refractivity contribution is 7.13. The van der Waals surface area contributed by atoms with Gasteiger partial charge in [0.05, 0.1) is 4.70 Å². The summed E-state index contributed by atoms with van der Waals surface area (Å²) < 4.78 is 5.99. The number of amides is 1. The van der Waals surface area contributed by atoms with Gasteiger partial charge in [-0.05, 0) is 61.3 Å². The number of likely N-dealkylation sites (tertiary alicyclic amines) is 1. The lowest BCUT2D eigenvalue weighted by atomic mass is 9.85. The molecule has 30 heavy (non-hydrogen) atoms. The predicted molar refractivity (Wildman–Crippen MR) is 126 cm³/mol. The van der Waals surface area contributed by atoms with E-state index >= 15 is 0 Å². The second-order valence-corrected chi connectivity index (χ2v) is 10.5. The fourth-order valence-electron chi connectivity index (χ4n) is 4.63. The first-order chi connectivity index (χ1) is 14.5. The first-order valence-electron chi connectivity index (χ1n) is 11.6. The number of fused-ring (bicyclic) bond motifs is 1. The molecule has 0 N–H and O–H groups in total. The van der Waals surface area contributed by atoms with Gasteiger partial charge in [-0.15, -0.1) is 0 Å². The van der Waals surface area contributed by atoms with Crippen LogP contribution in [0.3, 0.4) is 0 Å². The van der Waals surface area contributed by atoms with Gasteiger partial charge >= 0.3 is 0 Å². The molecule has 2 aliphatic rings. The largest absolute Gasteiger partial charge is 0.353 e. The lowest BCUT2D eigenvalue weighted by Crippen LogP contribution is -2.46. The van der Waals surface area contributed by atoms with Gasteiger partial charge in [-0.2, -0.15) is 4.37 Å². The Bertz CT molecular complexity index is 841. The minimum atomic E-state index is 0.317. The molecular weight excluding hydrogens is 392 g/mol. The van der Waals surface area contributed by atoms with Crippen LogP contribution >= 0.6 is 11.5 Å². The number of piperazine rings is 1. The summed E-state index contributed by atoms with van der Waals surface area (Å²) in [6.45, 7) is 12.0. The summed E-state index contributed by atoms with van der Waals surface area (Å²) in [5, 5.41) is 1.29. The SMILES string of the molecule is CC1(C)CCC(=O)N(CCCCCN2CCN(c3nsc4ccccc34)CC2)CC1. The van der Waals surface area contributed by atoms with Crippen LogP contribution < -0.4 is 4.90 Å². The molecule has 0 radical (unpaired) electrons. The third-order valence-electron chi connectivity index (χ3n) is 6.86. The minimum Gasteiger partial charge on any atom is -0.353 e. The number of carbonyl (C=O) groups is 1. The second kappa shape index (κ2) is 9.65. The van der Waals surface area contributed by atoms with Crippen molar-refractivity contribution < 1.29 is 4.79 Å². The summed E-state index contributed by atoms with van der Waals surface area (Å²) in [4.78, 5) is 19.5. The lowest BCUT2D eigenvalue weighted by molar-refractivity contribution is -0.130. The summed E-state index contributed by atoms with van der Waals surface area (Å²) in [6.07, 6.45) is 6.47. The molecule has 2 fully saturated rings. The molecule has 6 heteroatoms. The van der Waals surface area contributed by atoms with E-state index in [1.54, 1.807) is 11.5 Å². The van der Waals surface area contributed by atoms with Crippen LogP contribution in [0.4, 0.5) is 5.82 Å². The molecule has 0 atom stereocenters. The molecule has 0 bridgehead atoms. The Hall–Kier alpha value is -1.66. The van der Waals surface area contributed by atoms with E-state index < -0.39 is 0 Å².